The maximum absolute atomic E-state index is 10.7. The van der Waals surface area contributed by atoms with Crippen LogP contribution in [0.5, 0.6) is 0 Å². The number of hydrogen-bond acceptors (Lipinski definition) is 2. The summed E-state index contributed by atoms with van der Waals surface area (Å²) < 4.78 is 0. The van der Waals surface area contributed by atoms with E-state index >= 15 is 0 Å². The predicted octanol–water partition coefficient (Wildman–Crippen LogP) is 6.34. The third-order valence-electron chi connectivity index (χ3n) is 7.48. The molecule has 0 heterocycles. The molecule has 0 aromatic rings. The van der Waals surface area contributed by atoms with Crippen LogP contribution in [0.2, 0.25) is 0 Å². The van der Waals surface area contributed by atoms with Crippen LogP contribution in [-0.4, -0.2) is 11.7 Å². The number of carbonyl (C=O) groups excluding carboxylic acids is 1. The number of nitrogens with zero attached hydrogens (tertiary/aromatic N) is 1. The summed E-state index contributed by atoms with van der Waals surface area (Å²) in [5.74, 6) is 1.51. The first kappa shape index (κ1) is 22.7. The van der Waals surface area contributed by atoms with Crippen LogP contribution in [0.1, 0.15) is 92.9 Å². The lowest BCUT2D eigenvalue weighted by Gasteiger charge is -2.57. The molecular weight excluding hydrogens is 346 g/mol. The van der Waals surface area contributed by atoms with E-state index in [4.69, 9.17) is 5.73 Å². The van der Waals surface area contributed by atoms with Gasteiger partial charge in [0.2, 0.25) is 0 Å². The van der Waals surface area contributed by atoms with E-state index < -0.39 is 6.03 Å². The molecule has 0 aromatic heterocycles. The van der Waals surface area contributed by atoms with E-state index in [9.17, 15) is 4.79 Å². The van der Waals surface area contributed by atoms with Gasteiger partial charge >= 0.3 is 6.03 Å². The molecule has 3 atom stereocenters. The Morgan fingerprint density at radius 2 is 2.00 bits per heavy atom. The van der Waals surface area contributed by atoms with Crippen LogP contribution in [0.25, 0.3) is 0 Å². The fourth-order valence-corrected chi connectivity index (χ4v) is 5.90. The van der Waals surface area contributed by atoms with Crippen molar-refractivity contribution in [3.05, 3.63) is 23.3 Å². The summed E-state index contributed by atoms with van der Waals surface area (Å²) in [6.45, 7) is 14.1. The van der Waals surface area contributed by atoms with E-state index in [0.29, 0.717) is 16.7 Å². The van der Waals surface area contributed by atoms with Crippen molar-refractivity contribution < 1.29 is 4.79 Å². The van der Waals surface area contributed by atoms with Crippen LogP contribution < -0.4 is 11.2 Å². The van der Waals surface area contributed by atoms with Gasteiger partial charge in [0.1, 0.15) is 0 Å². The minimum atomic E-state index is -0.611. The quantitative estimate of drug-likeness (QED) is 0.299. The van der Waals surface area contributed by atoms with Gasteiger partial charge in [-0.25, -0.2) is 10.2 Å². The average molecular weight is 388 g/mol. The van der Waals surface area contributed by atoms with E-state index in [-0.39, 0.29) is 0 Å². The molecule has 2 rings (SSSR count). The molecule has 1 fully saturated rings. The smallest absolute Gasteiger partial charge is 0.332 e. The van der Waals surface area contributed by atoms with Gasteiger partial charge in [0.05, 0.1) is 0 Å². The number of urea groups is 1. The van der Waals surface area contributed by atoms with Gasteiger partial charge in [-0.15, -0.1) is 0 Å². The fraction of sp³-hybridized carbons (Fsp3) is 0.750. The number of hydrogen-bond donors (Lipinski definition) is 2. The van der Waals surface area contributed by atoms with Gasteiger partial charge in [0.15, 0.2) is 0 Å². The molecule has 0 radical (unpaired) electrons. The van der Waals surface area contributed by atoms with Crippen LogP contribution in [0, 0.1) is 22.7 Å². The minimum Gasteiger partial charge on any atom is -0.350 e. The van der Waals surface area contributed by atoms with Gasteiger partial charge < -0.3 is 5.73 Å². The second-order valence-corrected chi connectivity index (χ2v) is 10.1. The van der Waals surface area contributed by atoms with E-state index in [1.165, 1.54) is 37.7 Å². The van der Waals surface area contributed by atoms with Crippen LogP contribution in [0.15, 0.2) is 28.4 Å². The molecular formula is C24H41N3O. The molecule has 0 spiro atoms. The van der Waals surface area contributed by atoms with Crippen molar-refractivity contribution in [3.8, 4) is 0 Å². The van der Waals surface area contributed by atoms with Crippen molar-refractivity contribution in [1.82, 2.24) is 5.43 Å². The zero-order valence-electron chi connectivity index (χ0n) is 18.9. The lowest BCUT2D eigenvalue weighted by Crippen LogP contribution is -2.48. The SMILES string of the molecule is CC1=CC[C@@H]2C(C)(C)CCC[C@@]2(C)[C@@H]1CC/C(C)=C\CCC(C)=NNC(N)=O. The summed E-state index contributed by atoms with van der Waals surface area (Å²) in [7, 11) is 0. The van der Waals surface area contributed by atoms with E-state index in [0.717, 1.165) is 30.9 Å². The highest BCUT2D eigenvalue weighted by molar-refractivity contribution is 5.83. The first-order valence-corrected chi connectivity index (χ1v) is 11.0. The second kappa shape index (κ2) is 9.28. The maximum Gasteiger partial charge on any atom is 0.332 e. The summed E-state index contributed by atoms with van der Waals surface area (Å²) in [5, 5.41) is 3.97. The zero-order chi connectivity index (χ0) is 20.9. The van der Waals surface area contributed by atoms with Crippen molar-refractivity contribution in [1.29, 1.82) is 0 Å². The highest BCUT2D eigenvalue weighted by atomic mass is 16.2. The molecule has 4 nitrogen and oxygen atoms in total. The molecule has 4 heteroatoms. The Morgan fingerprint density at radius 1 is 1.29 bits per heavy atom. The Hall–Kier alpha value is -1.58. The van der Waals surface area contributed by atoms with Gasteiger partial charge in [-0.3, -0.25) is 0 Å². The van der Waals surface area contributed by atoms with Crippen molar-refractivity contribution >= 4 is 11.7 Å². The van der Waals surface area contributed by atoms with Crippen LogP contribution in [0.3, 0.4) is 0 Å². The average Bonchev–Trinajstić information content (AvgIpc) is 2.58. The number of primary amides is 1. The predicted molar refractivity (Wildman–Crippen MR) is 119 cm³/mol. The van der Waals surface area contributed by atoms with Crippen molar-refractivity contribution in [2.75, 3.05) is 0 Å². The first-order chi connectivity index (χ1) is 13.1. The van der Waals surface area contributed by atoms with Gasteiger partial charge in [0, 0.05) is 5.71 Å². The van der Waals surface area contributed by atoms with Crippen molar-refractivity contribution in [3.63, 3.8) is 0 Å². The molecule has 3 N–H and O–H groups in total. The number of fused-ring (bicyclic) bond motifs is 1. The van der Waals surface area contributed by atoms with Crippen LogP contribution in [0.4, 0.5) is 4.79 Å². The Balaban J connectivity index is 1.95. The maximum atomic E-state index is 10.7. The van der Waals surface area contributed by atoms with Crippen LogP contribution in [-0.2, 0) is 0 Å². The Bertz CT molecular complexity index is 659. The lowest BCUT2D eigenvalue weighted by atomic mass is 9.48. The number of allylic oxidation sites excluding steroid dienone is 4. The van der Waals surface area contributed by atoms with E-state index in [2.05, 4.69) is 57.3 Å². The molecule has 2 amide bonds. The van der Waals surface area contributed by atoms with Crippen molar-refractivity contribution in [2.24, 2.45) is 33.5 Å². The third kappa shape index (κ3) is 5.48. The summed E-state index contributed by atoms with van der Waals surface area (Å²) in [6, 6.07) is -0.611. The molecule has 0 aliphatic heterocycles. The molecule has 2 aliphatic rings. The molecule has 0 unspecified atom stereocenters. The normalized spacial score (nSPS) is 30.4. The number of rotatable bonds is 7. The van der Waals surface area contributed by atoms with E-state index in [1.54, 1.807) is 5.57 Å². The first-order valence-electron chi connectivity index (χ1n) is 11.0. The standard InChI is InChI=1S/C24H41N3O/c1-17(9-7-10-19(3)26-27-22(25)28)11-13-20-18(2)12-14-21-23(4,5)15-8-16-24(20,21)6/h9,12,20-21H,7-8,10-11,13-16H2,1-6H3,(H3,25,27,28)/b17-9-,26-19?/t20-,21-,24+/m1/s1. The lowest BCUT2D eigenvalue weighted by molar-refractivity contribution is -0.0390. The van der Waals surface area contributed by atoms with E-state index in [1.807, 2.05) is 6.92 Å². The molecule has 2 aliphatic carbocycles. The Labute approximate surface area is 172 Å². The molecule has 28 heavy (non-hydrogen) atoms. The highest BCUT2D eigenvalue weighted by Crippen LogP contribution is 2.60. The molecule has 0 aromatic carbocycles. The van der Waals surface area contributed by atoms with Gasteiger partial charge in [-0.1, -0.05) is 50.5 Å². The summed E-state index contributed by atoms with van der Waals surface area (Å²) >= 11 is 0. The van der Waals surface area contributed by atoms with Gasteiger partial charge in [0.25, 0.3) is 0 Å². The second-order valence-electron chi connectivity index (χ2n) is 10.1. The number of hydrazone groups is 1. The Morgan fingerprint density at radius 3 is 2.68 bits per heavy atom. The topological polar surface area (TPSA) is 67.5 Å². The minimum absolute atomic E-state index is 0.449. The number of nitrogens with two attached hydrogens (primary N) is 1. The molecule has 0 bridgehead atoms. The number of amides is 2. The Kier molecular flexibility index (Phi) is 7.52. The third-order valence-corrected chi connectivity index (χ3v) is 7.48. The fourth-order valence-electron chi connectivity index (χ4n) is 5.90. The summed E-state index contributed by atoms with van der Waals surface area (Å²) in [6.07, 6.45) is 14.5. The molecule has 1 saturated carbocycles. The highest BCUT2D eigenvalue weighted by Gasteiger charge is 2.51. The van der Waals surface area contributed by atoms with Gasteiger partial charge in [-0.2, -0.15) is 5.10 Å². The van der Waals surface area contributed by atoms with Gasteiger partial charge in [-0.05, 0) is 88.4 Å². The molecule has 158 valence electrons. The summed E-state index contributed by atoms with van der Waals surface area (Å²) in [5.41, 5.74) is 12.2. The number of carbonyl (C=O) groups is 1. The van der Waals surface area contributed by atoms with Crippen LogP contribution >= 0.6 is 0 Å². The largest absolute Gasteiger partial charge is 0.350 e. The summed E-state index contributed by atoms with van der Waals surface area (Å²) in [4.78, 5) is 10.7. The number of nitrogens with one attached hydrogen (secondary N) is 1. The zero-order valence-corrected chi connectivity index (χ0v) is 18.9. The van der Waals surface area contributed by atoms with Crippen molar-refractivity contribution in [2.45, 2.75) is 92.9 Å². The monoisotopic (exact) mass is 387 g/mol. The molecule has 0 saturated heterocycles.